The summed E-state index contributed by atoms with van der Waals surface area (Å²) in [5, 5.41) is 14.5. The number of aromatic carboxylic acids is 1. The van der Waals surface area contributed by atoms with Crippen LogP contribution < -0.4 is 5.32 Å². The highest BCUT2D eigenvalue weighted by atomic mass is 35.5. The average molecular weight is 432 g/mol. The smallest absolute Gasteiger partial charge is 0.342 e. The number of thioether (sulfide) groups is 2. The van der Waals surface area contributed by atoms with E-state index in [1.807, 2.05) is 54.8 Å². The lowest BCUT2D eigenvalue weighted by Crippen LogP contribution is -2.12. The van der Waals surface area contributed by atoms with E-state index in [4.69, 9.17) is 11.6 Å². The second-order valence-electron chi connectivity index (χ2n) is 5.80. The van der Waals surface area contributed by atoms with Gasteiger partial charge in [-0.1, -0.05) is 65.8 Å². The maximum Gasteiger partial charge on any atom is 0.342 e. The first kappa shape index (κ1) is 20.5. The van der Waals surface area contributed by atoms with Crippen LogP contribution in [-0.4, -0.2) is 27.3 Å². The summed E-state index contributed by atoms with van der Waals surface area (Å²) in [6.45, 7) is 0.411. The first-order valence-corrected chi connectivity index (χ1v) is 11.0. The second kappa shape index (κ2) is 9.82. The van der Waals surface area contributed by atoms with E-state index in [-0.39, 0.29) is 5.56 Å². The summed E-state index contributed by atoms with van der Waals surface area (Å²) in [5.41, 5.74) is 2.12. The summed E-state index contributed by atoms with van der Waals surface area (Å²) in [7, 11) is 0. The predicted molar refractivity (Wildman–Crippen MR) is 116 cm³/mol. The summed E-state index contributed by atoms with van der Waals surface area (Å²) < 4.78 is 0. The average Bonchev–Trinajstić information content (AvgIpc) is 2.70. The Hall–Kier alpha value is -2.22. The Bertz CT molecular complexity index is 971. The summed E-state index contributed by atoms with van der Waals surface area (Å²) in [6.07, 6.45) is 1.86. The van der Waals surface area contributed by atoms with Gasteiger partial charge in [0, 0.05) is 17.3 Å². The van der Waals surface area contributed by atoms with Crippen molar-refractivity contribution in [3.63, 3.8) is 0 Å². The van der Waals surface area contributed by atoms with Crippen LogP contribution in [-0.2, 0) is 12.3 Å². The van der Waals surface area contributed by atoms with Gasteiger partial charge in [0.1, 0.15) is 16.4 Å². The number of aromatic nitrogens is 2. The number of rotatable bonds is 8. The first-order valence-electron chi connectivity index (χ1n) is 8.41. The molecular formula is C20H18ClN3O2S2. The fourth-order valence-electron chi connectivity index (χ4n) is 2.50. The molecule has 0 saturated carbocycles. The van der Waals surface area contributed by atoms with Crippen molar-refractivity contribution in [2.24, 2.45) is 0 Å². The lowest BCUT2D eigenvalue weighted by atomic mass is 10.2. The zero-order valence-electron chi connectivity index (χ0n) is 15.1. The molecule has 2 aromatic carbocycles. The minimum absolute atomic E-state index is 0.0840. The van der Waals surface area contributed by atoms with Crippen molar-refractivity contribution in [1.82, 2.24) is 9.97 Å². The van der Waals surface area contributed by atoms with Crippen LogP contribution in [0.5, 0.6) is 0 Å². The third-order valence-electron chi connectivity index (χ3n) is 3.82. The third kappa shape index (κ3) is 5.41. The highest BCUT2D eigenvalue weighted by Crippen LogP contribution is 2.31. The minimum Gasteiger partial charge on any atom is -0.477 e. The molecule has 0 saturated heterocycles. The Kier molecular flexibility index (Phi) is 7.19. The van der Waals surface area contributed by atoms with E-state index in [0.29, 0.717) is 33.3 Å². The largest absolute Gasteiger partial charge is 0.477 e. The van der Waals surface area contributed by atoms with Gasteiger partial charge in [0.2, 0.25) is 0 Å². The zero-order valence-corrected chi connectivity index (χ0v) is 17.4. The zero-order chi connectivity index (χ0) is 19.9. The van der Waals surface area contributed by atoms with Crippen molar-refractivity contribution in [2.75, 3.05) is 11.6 Å². The second-order valence-corrected chi connectivity index (χ2v) is 7.98. The molecule has 144 valence electrons. The molecule has 8 heteroatoms. The topological polar surface area (TPSA) is 75.1 Å². The molecule has 0 amide bonds. The van der Waals surface area contributed by atoms with Crippen molar-refractivity contribution in [1.29, 1.82) is 0 Å². The molecule has 0 aliphatic carbocycles. The highest BCUT2D eigenvalue weighted by Gasteiger charge is 2.21. The molecule has 0 bridgehead atoms. The fourth-order valence-corrected chi connectivity index (χ4v) is 4.11. The fraction of sp³-hybridized carbons (Fsp3) is 0.150. The maximum atomic E-state index is 12.0. The SMILES string of the molecule is CSc1nc(NCc2cccc(Cl)c2)c(C(=O)O)c(SCc2ccccc2)n1. The normalized spacial score (nSPS) is 10.6. The van der Waals surface area contributed by atoms with E-state index in [9.17, 15) is 9.90 Å². The number of carbonyl (C=O) groups is 1. The van der Waals surface area contributed by atoms with E-state index in [1.54, 1.807) is 6.07 Å². The molecule has 0 aliphatic heterocycles. The van der Waals surface area contributed by atoms with Gasteiger partial charge in [-0.3, -0.25) is 0 Å². The molecule has 0 atom stereocenters. The van der Waals surface area contributed by atoms with Crippen LogP contribution in [0, 0.1) is 0 Å². The Labute approximate surface area is 176 Å². The molecule has 0 fully saturated rings. The summed E-state index contributed by atoms with van der Waals surface area (Å²) >= 11 is 8.79. The van der Waals surface area contributed by atoms with E-state index in [1.165, 1.54) is 23.5 Å². The van der Waals surface area contributed by atoms with Gasteiger partial charge in [0.05, 0.1) is 0 Å². The summed E-state index contributed by atoms with van der Waals surface area (Å²) in [5.74, 6) is -0.126. The van der Waals surface area contributed by atoms with E-state index < -0.39 is 5.97 Å². The van der Waals surface area contributed by atoms with Crippen molar-refractivity contribution >= 4 is 46.9 Å². The maximum absolute atomic E-state index is 12.0. The number of nitrogens with one attached hydrogen (secondary N) is 1. The molecule has 3 aromatic rings. The van der Waals surface area contributed by atoms with Crippen LogP contribution >= 0.6 is 35.1 Å². The minimum atomic E-state index is -1.06. The molecule has 2 N–H and O–H groups in total. The number of carboxylic acid groups (broad SMARTS) is 1. The quantitative estimate of drug-likeness (QED) is 0.279. The lowest BCUT2D eigenvalue weighted by molar-refractivity contribution is 0.0692. The standard InChI is InChI=1S/C20H18ClN3O2S2/c1-27-20-23-17(22-11-14-8-5-9-15(21)10-14)16(19(25)26)18(24-20)28-12-13-6-3-2-4-7-13/h2-10H,11-12H2,1H3,(H,25,26)(H,22,23,24). The molecular weight excluding hydrogens is 414 g/mol. The van der Waals surface area contributed by atoms with Crippen LogP contribution in [0.15, 0.2) is 64.8 Å². The Morgan fingerprint density at radius 1 is 1.11 bits per heavy atom. The van der Waals surface area contributed by atoms with Crippen LogP contribution in [0.1, 0.15) is 21.5 Å². The Morgan fingerprint density at radius 3 is 2.54 bits per heavy atom. The van der Waals surface area contributed by atoms with E-state index in [0.717, 1.165) is 11.1 Å². The molecule has 28 heavy (non-hydrogen) atoms. The van der Waals surface area contributed by atoms with Crippen molar-refractivity contribution in [3.8, 4) is 0 Å². The van der Waals surface area contributed by atoms with Gasteiger partial charge in [-0.15, -0.1) is 11.8 Å². The van der Waals surface area contributed by atoms with Crippen LogP contribution in [0.2, 0.25) is 5.02 Å². The molecule has 5 nitrogen and oxygen atoms in total. The van der Waals surface area contributed by atoms with Gasteiger partial charge in [0.25, 0.3) is 0 Å². The lowest BCUT2D eigenvalue weighted by Gasteiger charge is -2.13. The van der Waals surface area contributed by atoms with Crippen LogP contribution in [0.3, 0.4) is 0 Å². The number of nitrogens with zero attached hydrogens (tertiary/aromatic N) is 2. The monoisotopic (exact) mass is 431 g/mol. The summed E-state index contributed by atoms with van der Waals surface area (Å²) in [6, 6.07) is 17.3. The number of halogens is 1. The van der Waals surface area contributed by atoms with Gasteiger partial charge < -0.3 is 10.4 Å². The molecule has 0 unspecified atom stereocenters. The van der Waals surface area contributed by atoms with Gasteiger partial charge in [0.15, 0.2) is 5.16 Å². The van der Waals surface area contributed by atoms with Gasteiger partial charge >= 0.3 is 5.97 Å². The van der Waals surface area contributed by atoms with Gasteiger partial charge in [-0.05, 0) is 29.5 Å². The van der Waals surface area contributed by atoms with Crippen LogP contribution in [0.25, 0.3) is 0 Å². The number of anilines is 1. The van der Waals surface area contributed by atoms with E-state index in [2.05, 4.69) is 15.3 Å². The molecule has 3 rings (SSSR count). The molecule has 1 aromatic heterocycles. The number of hydrogen-bond acceptors (Lipinski definition) is 6. The van der Waals surface area contributed by atoms with Crippen molar-refractivity contribution < 1.29 is 9.90 Å². The number of carboxylic acids is 1. The van der Waals surface area contributed by atoms with Gasteiger partial charge in [-0.2, -0.15) is 0 Å². The Balaban J connectivity index is 1.88. The molecule has 1 heterocycles. The molecule has 0 spiro atoms. The third-order valence-corrected chi connectivity index (χ3v) is 5.65. The van der Waals surface area contributed by atoms with Crippen molar-refractivity contribution in [3.05, 3.63) is 76.3 Å². The highest BCUT2D eigenvalue weighted by molar-refractivity contribution is 7.99. The van der Waals surface area contributed by atoms with Crippen LogP contribution in [0.4, 0.5) is 5.82 Å². The van der Waals surface area contributed by atoms with E-state index >= 15 is 0 Å². The van der Waals surface area contributed by atoms with Gasteiger partial charge in [-0.25, -0.2) is 14.8 Å². The summed E-state index contributed by atoms with van der Waals surface area (Å²) in [4.78, 5) is 20.8. The number of hydrogen-bond donors (Lipinski definition) is 2. The predicted octanol–water partition coefficient (Wildman–Crippen LogP) is 5.45. The van der Waals surface area contributed by atoms with Crippen molar-refractivity contribution in [2.45, 2.75) is 22.5 Å². The molecule has 0 aliphatic rings. The molecule has 0 radical (unpaired) electrons. The number of benzene rings is 2. The first-order chi connectivity index (χ1) is 13.6. The Morgan fingerprint density at radius 2 is 1.86 bits per heavy atom.